The van der Waals surface area contributed by atoms with Crippen LogP contribution in [-0.2, 0) is 4.79 Å². The Morgan fingerprint density at radius 3 is 2.78 bits per heavy atom. The fourth-order valence-corrected chi connectivity index (χ4v) is 1.93. The van der Waals surface area contributed by atoms with Gasteiger partial charge in [0, 0.05) is 20.1 Å². The lowest BCUT2D eigenvalue weighted by molar-refractivity contribution is -0.129. The third-order valence-corrected chi connectivity index (χ3v) is 3.00. The number of carboxylic acid groups (broad SMARTS) is 1. The molecule has 96 valence electrons. The molecule has 18 heavy (non-hydrogen) atoms. The molecule has 1 amide bonds. The highest BCUT2D eigenvalue weighted by Gasteiger charge is 2.23. The van der Waals surface area contributed by atoms with Gasteiger partial charge in [0.05, 0.1) is 12.1 Å². The number of amides is 1. The molecule has 6 nitrogen and oxygen atoms in total. The van der Waals surface area contributed by atoms with Crippen LogP contribution >= 0.6 is 11.6 Å². The van der Waals surface area contributed by atoms with E-state index in [0.717, 1.165) is 0 Å². The van der Waals surface area contributed by atoms with E-state index in [2.05, 4.69) is 4.98 Å². The average molecular weight is 270 g/mol. The van der Waals surface area contributed by atoms with Gasteiger partial charge in [-0.3, -0.25) is 4.79 Å². The van der Waals surface area contributed by atoms with Crippen molar-refractivity contribution in [3.8, 4) is 0 Å². The minimum Gasteiger partial charge on any atom is -0.478 e. The Labute approximate surface area is 109 Å². The first kappa shape index (κ1) is 12.6. The number of aromatic carboxylic acids is 1. The molecule has 1 aromatic rings. The number of hydrogen-bond acceptors (Lipinski definition) is 4. The molecule has 1 fully saturated rings. The summed E-state index contributed by atoms with van der Waals surface area (Å²) in [5, 5.41) is 9.05. The van der Waals surface area contributed by atoms with E-state index in [9.17, 15) is 9.59 Å². The van der Waals surface area contributed by atoms with E-state index in [1.807, 2.05) is 0 Å². The fourth-order valence-electron chi connectivity index (χ4n) is 1.72. The summed E-state index contributed by atoms with van der Waals surface area (Å²) in [6.07, 6.45) is 0. The monoisotopic (exact) mass is 269 g/mol. The number of anilines is 1. The SMILES string of the molecule is CN1CCN(c2cc(C(=O)O)cc(Cl)n2)CC1=O. The second-order valence-electron chi connectivity index (χ2n) is 4.08. The van der Waals surface area contributed by atoms with E-state index < -0.39 is 5.97 Å². The second-order valence-corrected chi connectivity index (χ2v) is 4.47. The van der Waals surface area contributed by atoms with Crippen LogP contribution in [-0.4, -0.2) is 53.5 Å². The lowest BCUT2D eigenvalue weighted by Crippen LogP contribution is -2.48. The van der Waals surface area contributed by atoms with E-state index >= 15 is 0 Å². The lowest BCUT2D eigenvalue weighted by atomic mass is 10.2. The van der Waals surface area contributed by atoms with Gasteiger partial charge in [0.1, 0.15) is 11.0 Å². The Morgan fingerprint density at radius 1 is 1.44 bits per heavy atom. The fraction of sp³-hybridized carbons (Fsp3) is 0.364. The molecule has 0 atom stereocenters. The molecule has 1 aliphatic rings. The molecule has 1 saturated heterocycles. The number of hydrogen-bond donors (Lipinski definition) is 1. The number of pyridine rings is 1. The summed E-state index contributed by atoms with van der Waals surface area (Å²) in [6, 6.07) is 2.71. The van der Waals surface area contributed by atoms with Gasteiger partial charge in [0.25, 0.3) is 0 Å². The van der Waals surface area contributed by atoms with Crippen molar-refractivity contribution in [1.82, 2.24) is 9.88 Å². The topological polar surface area (TPSA) is 73.7 Å². The molecule has 2 heterocycles. The molecule has 1 aliphatic heterocycles. The van der Waals surface area contributed by atoms with Crippen LogP contribution in [0.3, 0.4) is 0 Å². The molecule has 0 radical (unpaired) electrons. The number of likely N-dealkylation sites (N-methyl/N-ethyl adjacent to an activating group) is 1. The van der Waals surface area contributed by atoms with Gasteiger partial charge in [0.2, 0.25) is 5.91 Å². The van der Waals surface area contributed by atoms with E-state index in [4.69, 9.17) is 16.7 Å². The van der Waals surface area contributed by atoms with Gasteiger partial charge in [-0.15, -0.1) is 0 Å². The first-order valence-corrected chi connectivity index (χ1v) is 5.75. The lowest BCUT2D eigenvalue weighted by Gasteiger charge is -2.32. The molecule has 2 rings (SSSR count). The molecule has 0 aliphatic carbocycles. The molecule has 0 bridgehead atoms. The molecule has 1 aromatic heterocycles. The normalized spacial score (nSPS) is 16.0. The van der Waals surface area contributed by atoms with Crippen molar-refractivity contribution in [2.45, 2.75) is 0 Å². The number of carbonyl (C=O) groups is 2. The highest BCUT2D eigenvalue weighted by molar-refractivity contribution is 6.29. The number of nitrogens with zero attached hydrogens (tertiary/aromatic N) is 3. The van der Waals surface area contributed by atoms with E-state index in [1.54, 1.807) is 16.8 Å². The number of piperazine rings is 1. The van der Waals surface area contributed by atoms with Crippen molar-refractivity contribution in [1.29, 1.82) is 0 Å². The van der Waals surface area contributed by atoms with Gasteiger partial charge >= 0.3 is 5.97 Å². The predicted molar refractivity (Wildman–Crippen MR) is 66.1 cm³/mol. The van der Waals surface area contributed by atoms with Crippen molar-refractivity contribution in [2.75, 3.05) is 31.6 Å². The largest absolute Gasteiger partial charge is 0.478 e. The van der Waals surface area contributed by atoms with Gasteiger partial charge in [-0.2, -0.15) is 0 Å². The minimum atomic E-state index is -1.07. The zero-order valence-corrected chi connectivity index (χ0v) is 10.5. The van der Waals surface area contributed by atoms with Crippen LogP contribution in [0.1, 0.15) is 10.4 Å². The second kappa shape index (κ2) is 4.81. The van der Waals surface area contributed by atoms with Crippen LogP contribution in [0.2, 0.25) is 5.15 Å². The first-order chi connectivity index (χ1) is 8.47. The Kier molecular flexibility index (Phi) is 3.38. The van der Waals surface area contributed by atoms with Gasteiger partial charge in [-0.25, -0.2) is 9.78 Å². The molecule has 7 heteroatoms. The van der Waals surface area contributed by atoms with E-state index in [-0.39, 0.29) is 23.2 Å². The maximum atomic E-state index is 11.6. The summed E-state index contributed by atoms with van der Waals surface area (Å²) < 4.78 is 0. The van der Waals surface area contributed by atoms with Gasteiger partial charge in [-0.05, 0) is 12.1 Å². The zero-order chi connectivity index (χ0) is 13.3. The molecule has 0 unspecified atom stereocenters. The summed E-state index contributed by atoms with van der Waals surface area (Å²) in [4.78, 5) is 29.9. The van der Waals surface area contributed by atoms with Crippen LogP contribution in [0.5, 0.6) is 0 Å². The van der Waals surface area contributed by atoms with Crippen LogP contribution in [0.25, 0.3) is 0 Å². The van der Waals surface area contributed by atoms with Gasteiger partial charge < -0.3 is 14.9 Å². The number of halogens is 1. The standard InChI is InChI=1S/C11H12ClN3O3/c1-14-2-3-15(6-10(14)16)9-5-7(11(17)18)4-8(12)13-9/h4-5H,2-3,6H2,1H3,(H,17,18). The third-order valence-electron chi connectivity index (χ3n) is 2.81. The molecular weight excluding hydrogens is 258 g/mol. The van der Waals surface area contributed by atoms with Gasteiger partial charge in [0.15, 0.2) is 0 Å². The maximum Gasteiger partial charge on any atom is 0.335 e. The van der Waals surface area contributed by atoms with Crippen LogP contribution in [0.15, 0.2) is 12.1 Å². The van der Waals surface area contributed by atoms with Gasteiger partial charge in [-0.1, -0.05) is 11.6 Å². The third kappa shape index (κ3) is 2.53. The van der Waals surface area contributed by atoms with Crippen molar-refractivity contribution in [2.24, 2.45) is 0 Å². The Balaban J connectivity index is 2.28. The van der Waals surface area contributed by atoms with Crippen LogP contribution in [0, 0.1) is 0 Å². The molecule has 1 N–H and O–H groups in total. The summed E-state index contributed by atoms with van der Waals surface area (Å²) >= 11 is 5.78. The molecule has 0 saturated carbocycles. The van der Waals surface area contributed by atoms with Crippen LogP contribution < -0.4 is 4.90 Å². The molecule has 0 aromatic carbocycles. The summed E-state index contributed by atoms with van der Waals surface area (Å²) in [5.74, 6) is -0.678. The number of carboxylic acids is 1. The van der Waals surface area contributed by atoms with Crippen molar-refractivity contribution in [3.63, 3.8) is 0 Å². The van der Waals surface area contributed by atoms with E-state index in [0.29, 0.717) is 18.9 Å². The summed E-state index contributed by atoms with van der Waals surface area (Å²) in [7, 11) is 1.73. The maximum absolute atomic E-state index is 11.6. The first-order valence-electron chi connectivity index (χ1n) is 5.37. The van der Waals surface area contributed by atoms with Crippen LogP contribution in [0.4, 0.5) is 5.82 Å². The summed E-state index contributed by atoms with van der Waals surface area (Å²) in [6.45, 7) is 1.37. The number of aromatic nitrogens is 1. The minimum absolute atomic E-state index is 0.0279. The highest BCUT2D eigenvalue weighted by Crippen LogP contribution is 2.19. The van der Waals surface area contributed by atoms with E-state index in [1.165, 1.54) is 12.1 Å². The number of carbonyl (C=O) groups excluding carboxylic acids is 1. The molecular formula is C11H12ClN3O3. The Morgan fingerprint density at radius 2 is 2.17 bits per heavy atom. The Hall–Kier alpha value is -1.82. The Bertz CT molecular complexity index is 506. The van der Waals surface area contributed by atoms with Crippen molar-refractivity contribution >= 4 is 29.3 Å². The molecule has 0 spiro atoms. The summed E-state index contributed by atoms with van der Waals surface area (Å²) in [5.41, 5.74) is 0.0661. The van der Waals surface area contributed by atoms with Crippen molar-refractivity contribution in [3.05, 3.63) is 22.8 Å². The quantitative estimate of drug-likeness (QED) is 0.801. The average Bonchev–Trinajstić information content (AvgIpc) is 2.31. The predicted octanol–water partition coefficient (Wildman–Crippen LogP) is 0.712. The smallest absolute Gasteiger partial charge is 0.335 e. The highest BCUT2D eigenvalue weighted by atomic mass is 35.5. The zero-order valence-electron chi connectivity index (χ0n) is 9.76. The number of rotatable bonds is 2. The van der Waals surface area contributed by atoms with Crippen molar-refractivity contribution < 1.29 is 14.7 Å².